The first-order chi connectivity index (χ1) is 21.0. The first kappa shape index (κ1) is 31.9. The standard InChI is InChI=1S/C34H38ClF3N4O2/c1-21(2)16-31(33(44)40-26-18-27-14-15-28(19-26)42(27)20-22-10-12-24(35)13-11-22)41-32(43)29-8-3-4-9-30(29)39-25-7-5-6-23(17-25)34(36,37)38/h3-13,17,21,26-28,31,39H,14-16,18-20H2,1-2H3,(H,40,44)(H,41,43)/t26-,27-,28+,31-/m0/s1. The van der Waals surface area contributed by atoms with Crippen molar-refractivity contribution in [1.82, 2.24) is 15.5 Å². The summed E-state index contributed by atoms with van der Waals surface area (Å²) in [6, 6.07) is 19.3. The second-order valence-corrected chi connectivity index (χ2v) is 12.7. The number of piperidine rings is 1. The van der Waals surface area contributed by atoms with Gasteiger partial charge in [0, 0.05) is 35.4 Å². The molecule has 3 N–H and O–H groups in total. The van der Waals surface area contributed by atoms with Crippen molar-refractivity contribution < 1.29 is 22.8 Å². The molecule has 0 unspecified atom stereocenters. The van der Waals surface area contributed by atoms with E-state index in [0.717, 1.165) is 49.4 Å². The Bertz CT molecular complexity index is 1450. The van der Waals surface area contributed by atoms with Crippen LogP contribution in [-0.2, 0) is 17.5 Å². The number of hydrogen-bond acceptors (Lipinski definition) is 4. The molecule has 5 rings (SSSR count). The molecule has 0 radical (unpaired) electrons. The third-order valence-electron chi connectivity index (χ3n) is 8.48. The lowest BCUT2D eigenvalue weighted by Crippen LogP contribution is -2.54. The molecule has 2 heterocycles. The molecule has 2 aliphatic heterocycles. The molecule has 44 heavy (non-hydrogen) atoms. The van der Waals surface area contributed by atoms with E-state index >= 15 is 0 Å². The highest BCUT2D eigenvalue weighted by molar-refractivity contribution is 6.30. The van der Waals surface area contributed by atoms with Gasteiger partial charge in [-0.25, -0.2) is 0 Å². The molecule has 0 aliphatic carbocycles. The largest absolute Gasteiger partial charge is 0.416 e. The zero-order valence-electron chi connectivity index (χ0n) is 24.8. The Labute approximate surface area is 261 Å². The molecule has 3 aromatic rings. The lowest BCUT2D eigenvalue weighted by molar-refractivity contribution is -0.137. The number of carbonyl (C=O) groups excluding carboxylic acids is 2. The summed E-state index contributed by atoms with van der Waals surface area (Å²) < 4.78 is 39.7. The molecule has 0 aromatic heterocycles. The van der Waals surface area contributed by atoms with Crippen LogP contribution in [0.4, 0.5) is 24.5 Å². The number of benzene rings is 3. The number of anilines is 2. The summed E-state index contributed by atoms with van der Waals surface area (Å²) in [6.07, 6.45) is -0.162. The summed E-state index contributed by atoms with van der Waals surface area (Å²) in [7, 11) is 0. The van der Waals surface area contributed by atoms with Gasteiger partial charge in [0.25, 0.3) is 5.91 Å². The minimum atomic E-state index is -4.49. The Hall–Kier alpha value is -3.56. The molecular weight excluding hydrogens is 589 g/mol. The average Bonchev–Trinajstić information content (AvgIpc) is 3.20. The van der Waals surface area contributed by atoms with E-state index in [1.165, 1.54) is 17.7 Å². The van der Waals surface area contributed by atoms with Crippen LogP contribution in [-0.4, -0.2) is 40.9 Å². The SMILES string of the molecule is CC(C)C[C@H](NC(=O)c1ccccc1Nc1cccc(C(F)(F)F)c1)C(=O)N[C@@H]1C[C@H]2CC[C@@H](C1)N2Cc1ccc(Cl)cc1. The number of amides is 2. The van der Waals surface area contributed by atoms with Crippen LogP contribution in [0.2, 0.25) is 5.02 Å². The number of nitrogens with zero attached hydrogens (tertiary/aromatic N) is 1. The lowest BCUT2D eigenvalue weighted by atomic mass is 9.95. The maximum absolute atomic E-state index is 13.6. The Balaban J connectivity index is 1.24. The number of rotatable bonds is 10. The number of nitrogens with one attached hydrogen (secondary N) is 3. The normalized spacial score (nSPS) is 20.8. The van der Waals surface area contributed by atoms with Crippen molar-refractivity contribution in [2.75, 3.05) is 5.32 Å². The molecule has 2 amide bonds. The topological polar surface area (TPSA) is 73.5 Å². The second kappa shape index (κ2) is 13.6. The molecule has 10 heteroatoms. The van der Waals surface area contributed by atoms with Crippen LogP contribution in [0, 0.1) is 5.92 Å². The lowest BCUT2D eigenvalue weighted by Gasteiger charge is -2.39. The molecule has 3 aromatic carbocycles. The summed E-state index contributed by atoms with van der Waals surface area (Å²) in [5.74, 6) is -0.549. The zero-order valence-corrected chi connectivity index (χ0v) is 25.6. The van der Waals surface area contributed by atoms with Crippen LogP contribution in [0.15, 0.2) is 72.8 Å². The first-order valence-electron chi connectivity index (χ1n) is 15.1. The molecule has 6 nitrogen and oxygen atoms in total. The van der Waals surface area contributed by atoms with Gasteiger partial charge in [0.1, 0.15) is 6.04 Å². The predicted molar refractivity (Wildman–Crippen MR) is 167 cm³/mol. The highest BCUT2D eigenvalue weighted by Gasteiger charge is 2.41. The van der Waals surface area contributed by atoms with Gasteiger partial charge in [0.2, 0.25) is 5.91 Å². The van der Waals surface area contributed by atoms with Crippen LogP contribution < -0.4 is 16.0 Å². The third-order valence-corrected chi connectivity index (χ3v) is 8.73. The number of para-hydroxylation sites is 1. The van der Waals surface area contributed by atoms with Gasteiger partial charge in [-0.2, -0.15) is 13.2 Å². The maximum Gasteiger partial charge on any atom is 0.416 e. The van der Waals surface area contributed by atoms with E-state index in [-0.39, 0.29) is 29.1 Å². The molecule has 2 aliphatic rings. The summed E-state index contributed by atoms with van der Waals surface area (Å²) in [5, 5.41) is 9.80. The second-order valence-electron chi connectivity index (χ2n) is 12.3. The third kappa shape index (κ3) is 7.93. The highest BCUT2D eigenvalue weighted by atomic mass is 35.5. The van der Waals surface area contributed by atoms with Crippen molar-refractivity contribution in [2.45, 2.75) is 82.8 Å². The molecule has 234 valence electrons. The fourth-order valence-electron chi connectivity index (χ4n) is 6.41. The fraction of sp³-hybridized carbons (Fsp3) is 0.412. The Morgan fingerprint density at radius 1 is 0.955 bits per heavy atom. The first-order valence-corrected chi connectivity index (χ1v) is 15.5. The fourth-order valence-corrected chi connectivity index (χ4v) is 6.54. The number of hydrogen-bond donors (Lipinski definition) is 3. The Morgan fingerprint density at radius 3 is 2.30 bits per heavy atom. The molecule has 0 spiro atoms. The quantitative estimate of drug-likeness (QED) is 0.217. The molecular formula is C34H38ClF3N4O2. The van der Waals surface area contributed by atoms with E-state index in [4.69, 9.17) is 11.6 Å². The van der Waals surface area contributed by atoms with Crippen molar-refractivity contribution in [3.05, 3.63) is 94.5 Å². The van der Waals surface area contributed by atoms with Crippen LogP contribution in [0.5, 0.6) is 0 Å². The van der Waals surface area contributed by atoms with Crippen molar-refractivity contribution in [3.63, 3.8) is 0 Å². The van der Waals surface area contributed by atoms with Gasteiger partial charge in [-0.3, -0.25) is 14.5 Å². The molecule has 2 saturated heterocycles. The van der Waals surface area contributed by atoms with E-state index < -0.39 is 23.7 Å². The number of fused-ring (bicyclic) bond motifs is 2. The minimum absolute atomic E-state index is 0.0166. The Morgan fingerprint density at radius 2 is 1.64 bits per heavy atom. The van der Waals surface area contributed by atoms with Gasteiger partial charge in [0.05, 0.1) is 16.8 Å². The van der Waals surface area contributed by atoms with Crippen LogP contribution >= 0.6 is 11.6 Å². The van der Waals surface area contributed by atoms with Gasteiger partial charge in [-0.1, -0.05) is 55.8 Å². The van der Waals surface area contributed by atoms with Gasteiger partial charge in [-0.15, -0.1) is 0 Å². The molecule has 4 atom stereocenters. The summed E-state index contributed by atoms with van der Waals surface area (Å²) in [6.45, 7) is 4.84. The van der Waals surface area contributed by atoms with Gasteiger partial charge >= 0.3 is 6.18 Å². The van der Waals surface area contributed by atoms with Gasteiger partial charge < -0.3 is 16.0 Å². The highest BCUT2D eigenvalue weighted by Crippen LogP contribution is 2.37. The summed E-state index contributed by atoms with van der Waals surface area (Å²) >= 11 is 6.06. The van der Waals surface area contributed by atoms with Gasteiger partial charge in [-0.05, 0) is 86.1 Å². The van der Waals surface area contributed by atoms with Gasteiger partial charge in [0.15, 0.2) is 0 Å². The van der Waals surface area contributed by atoms with Crippen molar-refractivity contribution in [1.29, 1.82) is 0 Å². The molecule has 0 saturated carbocycles. The van der Waals surface area contributed by atoms with E-state index in [1.54, 1.807) is 24.3 Å². The van der Waals surface area contributed by atoms with Crippen LogP contribution in [0.3, 0.4) is 0 Å². The monoisotopic (exact) mass is 626 g/mol. The number of alkyl halides is 3. The van der Waals surface area contributed by atoms with E-state index in [9.17, 15) is 22.8 Å². The number of carbonyl (C=O) groups is 2. The van der Waals surface area contributed by atoms with Crippen molar-refractivity contribution in [3.8, 4) is 0 Å². The number of halogens is 4. The van der Waals surface area contributed by atoms with Crippen LogP contribution in [0.25, 0.3) is 0 Å². The Kier molecular flexibility index (Phi) is 9.85. The molecule has 2 bridgehead atoms. The smallest absolute Gasteiger partial charge is 0.355 e. The van der Waals surface area contributed by atoms with E-state index in [2.05, 4.69) is 33.0 Å². The summed E-state index contributed by atoms with van der Waals surface area (Å²) in [5.41, 5.74) is 1.21. The van der Waals surface area contributed by atoms with Crippen molar-refractivity contribution in [2.24, 2.45) is 5.92 Å². The maximum atomic E-state index is 13.6. The van der Waals surface area contributed by atoms with E-state index in [1.807, 2.05) is 26.0 Å². The zero-order chi connectivity index (χ0) is 31.4. The minimum Gasteiger partial charge on any atom is -0.355 e. The van der Waals surface area contributed by atoms with E-state index in [0.29, 0.717) is 24.2 Å². The van der Waals surface area contributed by atoms with Crippen molar-refractivity contribution >= 4 is 34.8 Å². The van der Waals surface area contributed by atoms with Crippen LogP contribution in [0.1, 0.15) is 67.4 Å². The predicted octanol–water partition coefficient (Wildman–Crippen LogP) is 7.56. The average molecular weight is 627 g/mol. The summed E-state index contributed by atoms with van der Waals surface area (Å²) in [4.78, 5) is 29.6. The molecule has 2 fully saturated rings.